The zero-order valence-corrected chi connectivity index (χ0v) is 12.3. The van der Waals surface area contributed by atoms with Crippen LogP contribution in [0, 0.1) is 5.82 Å². The van der Waals surface area contributed by atoms with Crippen LogP contribution in [0.3, 0.4) is 0 Å². The Hall–Kier alpha value is -1.17. The van der Waals surface area contributed by atoms with Crippen LogP contribution >= 0.6 is 15.9 Å². The van der Waals surface area contributed by atoms with E-state index in [1.165, 1.54) is 12.3 Å². The smallest absolute Gasteiger partial charge is 0.328 e. The summed E-state index contributed by atoms with van der Waals surface area (Å²) < 4.78 is 19.6. The van der Waals surface area contributed by atoms with Gasteiger partial charge in [0.2, 0.25) is 0 Å². The number of ether oxygens (including phenoxy) is 1. The van der Waals surface area contributed by atoms with Gasteiger partial charge in [0.1, 0.15) is 6.04 Å². The first kappa shape index (κ1) is 14.2. The lowest BCUT2D eigenvalue weighted by molar-refractivity contribution is -0.145. The van der Waals surface area contributed by atoms with Gasteiger partial charge in [-0.15, -0.1) is 0 Å². The number of pyridine rings is 1. The number of hydrogen-bond donors (Lipinski definition) is 0. The Morgan fingerprint density at radius 1 is 1.63 bits per heavy atom. The Labute approximate surface area is 120 Å². The molecule has 1 fully saturated rings. The van der Waals surface area contributed by atoms with E-state index < -0.39 is 11.9 Å². The van der Waals surface area contributed by atoms with Crippen LogP contribution in [0.5, 0.6) is 0 Å². The van der Waals surface area contributed by atoms with Crippen molar-refractivity contribution in [2.75, 3.05) is 18.1 Å². The third kappa shape index (κ3) is 3.23. The average Bonchev–Trinajstić information content (AvgIpc) is 2.39. The van der Waals surface area contributed by atoms with Crippen LogP contribution in [-0.2, 0) is 9.53 Å². The SMILES string of the molecule is CCOC(=O)C1CCCCN1c1ncc(Br)cc1F. The van der Waals surface area contributed by atoms with Crippen molar-refractivity contribution in [2.45, 2.75) is 32.2 Å². The molecule has 2 rings (SSSR count). The Kier molecular flexibility index (Phi) is 4.74. The molecular weight excluding hydrogens is 315 g/mol. The van der Waals surface area contributed by atoms with Crippen molar-refractivity contribution < 1.29 is 13.9 Å². The largest absolute Gasteiger partial charge is 0.464 e. The Morgan fingerprint density at radius 3 is 3.11 bits per heavy atom. The summed E-state index contributed by atoms with van der Waals surface area (Å²) in [5.74, 6) is -0.502. The minimum Gasteiger partial charge on any atom is -0.464 e. The molecule has 0 aliphatic carbocycles. The summed E-state index contributed by atoms with van der Waals surface area (Å²) in [6.07, 6.45) is 4.08. The molecule has 0 saturated carbocycles. The summed E-state index contributed by atoms with van der Waals surface area (Å²) in [6, 6.07) is 0.927. The lowest BCUT2D eigenvalue weighted by Crippen LogP contribution is -2.46. The van der Waals surface area contributed by atoms with Gasteiger partial charge in [0.25, 0.3) is 0 Å². The number of halogens is 2. The molecule has 4 nitrogen and oxygen atoms in total. The monoisotopic (exact) mass is 330 g/mol. The first-order chi connectivity index (χ1) is 9.13. The maximum atomic E-state index is 14.0. The van der Waals surface area contributed by atoms with Crippen molar-refractivity contribution in [1.29, 1.82) is 0 Å². The minimum atomic E-state index is -0.433. The molecule has 0 N–H and O–H groups in total. The molecule has 6 heteroatoms. The zero-order valence-electron chi connectivity index (χ0n) is 10.7. The van der Waals surface area contributed by atoms with Crippen LogP contribution in [0.25, 0.3) is 0 Å². The van der Waals surface area contributed by atoms with Crippen molar-refractivity contribution in [1.82, 2.24) is 4.98 Å². The number of anilines is 1. The molecule has 0 amide bonds. The normalized spacial score (nSPS) is 19.3. The number of hydrogen-bond acceptors (Lipinski definition) is 4. The van der Waals surface area contributed by atoms with Gasteiger partial charge in [0.15, 0.2) is 11.6 Å². The van der Waals surface area contributed by atoms with E-state index in [4.69, 9.17) is 4.74 Å². The van der Waals surface area contributed by atoms with Gasteiger partial charge in [-0.1, -0.05) is 0 Å². The molecule has 104 valence electrons. The van der Waals surface area contributed by atoms with E-state index >= 15 is 0 Å². The highest BCUT2D eigenvalue weighted by molar-refractivity contribution is 9.10. The lowest BCUT2D eigenvalue weighted by atomic mass is 10.0. The van der Waals surface area contributed by atoms with Gasteiger partial charge in [0.05, 0.1) is 6.61 Å². The molecule has 0 bridgehead atoms. The van der Waals surface area contributed by atoms with Crippen LogP contribution in [-0.4, -0.2) is 30.1 Å². The molecule has 2 heterocycles. The van der Waals surface area contributed by atoms with Crippen LogP contribution in [0.15, 0.2) is 16.7 Å². The minimum absolute atomic E-state index is 0.223. The van der Waals surface area contributed by atoms with E-state index in [0.717, 1.165) is 12.8 Å². The third-order valence-electron chi connectivity index (χ3n) is 3.12. The second-order valence-electron chi connectivity index (χ2n) is 4.42. The molecule has 19 heavy (non-hydrogen) atoms. The zero-order chi connectivity index (χ0) is 13.8. The van der Waals surface area contributed by atoms with Crippen molar-refractivity contribution in [3.8, 4) is 0 Å². The fourth-order valence-electron chi connectivity index (χ4n) is 2.29. The van der Waals surface area contributed by atoms with Crippen molar-refractivity contribution in [2.24, 2.45) is 0 Å². The molecule has 1 aliphatic rings. The molecule has 1 atom stereocenters. The summed E-state index contributed by atoms with van der Waals surface area (Å²) in [5.41, 5.74) is 0. The summed E-state index contributed by atoms with van der Waals surface area (Å²) in [5, 5.41) is 0. The molecule has 0 radical (unpaired) electrons. The predicted octanol–water partition coefficient (Wildman–Crippen LogP) is 2.91. The fourth-order valence-corrected chi connectivity index (χ4v) is 2.59. The third-order valence-corrected chi connectivity index (χ3v) is 3.56. The molecule has 1 aliphatic heterocycles. The molecule has 0 spiro atoms. The number of esters is 1. The van der Waals surface area contributed by atoms with Crippen LogP contribution in [0.2, 0.25) is 0 Å². The molecule has 1 unspecified atom stereocenters. The first-order valence-electron chi connectivity index (χ1n) is 6.37. The summed E-state index contributed by atoms with van der Waals surface area (Å²) in [7, 11) is 0. The number of carbonyl (C=O) groups is 1. The fraction of sp³-hybridized carbons (Fsp3) is 0.538. The molecule has 1 aromatic rings. The highest BCUT2D eigenvalue weighted by Crippen LogP contribution is 2.27. The maximum absolute atomic E-state index is 14.0. The average molecular weight is 331 g/mol. The Morgan fingerprint density at radius 2 is 2.42 bits per heavy atom. The number of carbonyl (C=O) groups excluding carboxylic acids is 1. The van der Waals surface area contributed by atoms with Gasteiger partial charge in [-0.2, -0.15) is 0 Å². The number of rotatable bonds is 3. The summed E-state index contributed by atoms with van der Waals surface area (Å²) in [6.45, 7) is 2.72. The lowest BCUT2D eigenvalue weighted by Gasteiger charge is -2.34. The maximum Gasteiger partial charge on any atom is 0.328 e. The highest BCUT2D eigenvalue weighted by Gasteiger charge is 2.32. The number of nitrogens with zero attached hydrogens (tertiary/aromatic N) is 2. The van der Waals surface area contributed by atoms with E-state index in [1.54, 1.807) is 11.8 Å². The summed E-state index contributed by atoms with van der Waals surface area (Å²) in [4.78, 5) is 17.7. The van der Waals surface area contributed by atoms with Crippen molar-refractivity contribution in [3.63, 3.8) is 0 Å². The van der Waals surface area contributed by atoms with Gasteiger partial charge in [-0.3, -0.25) is 0 Å². The van der Waals surface area contributed by atoms with E-state index in [1.807, 2.05) is 0 Å². The second kappa shape index (κ2) is 6.32. The topological polar surface area (TPSA) is 42.4 Å². The van der Waals surface area contributed by atoms with Crippen LogP contribution < -0.4 is 4.90 Å². The highest BCUT2D eigenvalue weighted by atomic mass is 79.9. The van der Waals surface area contributed by atoms with Crippen molar-refractivity contribution >= 4 is 27.7 Å². The number of piperidine rings is 1. The van der Waals surface area contributed by atoms with Crippen LogP contribution in [0.1, 0.15) is 26.2 Å². The predicted molar refractivity (Wildman–Crippen MR) is 73.5 cm³/mol. The second-order valence-corrected chi connectivity index (χ2v) is 5.33. The molecule has 1 aromatic heterocycles. The van der Waals surface area contributed by atoms with E-state index in [0.29, 0.717) is 24.0 Å². The first-order valence-corrected chi connectivity index (χ1v) is 7.17. The van der Waals surface area contributed by atoms with E-state index in [-0.39, 0.29) is 11.8 Å². The van der Waals surface area contributed by atoms with E-state index in [9.17, 15) is 9.18 Å². The van der Waals surface area contributed by atoms with Gasteiger partial charge in [-0.05, 0) is 48.2 Å². The molecule has 1 saturated heterocycles. The van der Waals surface area contributed by atoms with Gasteiger partial charge in [-0.25, -0.2) is 14.2 Å². The van der Waals surface area contributed by atoms with Gasteiger partial charge < -0.3 is 9.64 Å². The van der Waals surface area contributed by atoms with Crippen molar-refractivity contribution in [3.05, 3.63) is 22.6 Å². The van der Waals surface area contributed by atoms with Gasteiger partial charge in [0, 0.05) is 17.2 Å². The number of aromatic nitrogens is 1. The molecular formula is C13H16BrFN2O2. The Bertz CT molecular complexity index is 470. The molecule has 0 aromatic carbocycles. The van der Waals surface area contributed by atoms with Crippen LogP contribution in [0.4, 0.5) is 10.2 Å². The summed E-state index contributed by atoms with van der Waals surface area (Å²) >= 11 is 3.18. The van der Waals surface area contributed by atoms with Gasteiger partial charge >= 0.3 is 5.97 Å². The Balaban J connectivity index is 2.26. The quantitative estimate of drug-likeness (QED) is 0.799. The standard InChI is InChI=1S/C13H16BrFN2O2/c1-2-19-13(18)11-5-3-4-6-17(11)12-10(15)7-9(14)8-16-12/h7-8,11H,2-6H2,1H3. The van der Waals surface area contributed by atoms with E-state index in [2.05, 4.69) is 20.9 Å².